The Bertz CT molecular complexity index is 1530. The molecule has 7 nitrogen and oxygen atoms in total. The van der Waals surface area contributed by atoms with Crippen LogP contribution in [-0.4, -0.2) is 44.8 Å². The average molecular weight is 539 g/mol. The quantitative estimate of drug-likeness (QED) is 0.343. The third kappa shape index (κ3) is 4.40. The summed E-state index contributed by atoms with van der Waals surface area (Å²) in [7, 11) is 1.44. The molecule has 4 aliphatic rings. The fraction of sp³-hybridized carbons (Fsp3) is 0.414. The van der Waals surface area contributed by atoms with Crippen LogP contribution in [0.1, 0.15) is 44.7 Å². The Labute approximate surface area is 223 Å². The molecule has 0 amide bonds. The van der Waals surface area contributed by atoms with Crippen molar-refractivity contribution < 1.29 is 27.8 Å². The van der Waals surface area contributed by atoms with Gasteiger partial charge in [-0.25, -0.2) is 23.1 Å². The van der Waals surface area contributed by atoms with E-state index in [-0.39, 0.29) is 41.0 Å². The first-order valence-corrected chi connectivity index (χ1v) is 13.1. The fourth-order valence-corrected chi connectivity index (χ4v) is 6.53. The number of ether oxygens (including phenoxy) is 1. The van der Waals surface area contributed by atoms with Crippen molar-refractivity contribution in [1.29, 1.82) is 0 Å². The molecular weight excluding hydrogens is 509 g/mol. The van der Waals surface area contributed by atoms with Crippen LogP contribution in [0.15, 0.2) is 42.4 Å². The van der Waals surface area contributed by atoms with Gasteiger partial charge in [-0.05, 0) is 62.2 Å². The molecule has 39 heavy (non-hydrogen) atoms. The number of halogens is 3. The standard InChI is InChI=1S/C29H29F3N4O3/c1-29(39-2)12-16(7-8-22(29)32)21-11-23(35-25-15-5-3-14(4-6-15)24(25)28(37)38)36-27(34-21)19-13-33-26-18(19)9-17(30)10-20(26)31/h7-11,13-15,24-25,33H,3-6,12H2,1-2H3,(H,37,38)(H,34,35,36)/t14?,15?,24-,25?,29?/m1/s1. The smallest absolute Gasteiger partial charge is 0.308 e. The van der Waals surface area contributed by atoms with Crippen LogP contribution in [0.2, 0.25) is 0 Å². The number of nitrogens with zero attached hydrogens (tertiary/aromatic N) is 2. The third-order valence-electron chi connectivity index (χ3n) is 8.74. The van der Waals surface area contributed by atoms with Crippen molar-refractivity contribution in [2.45, 2.75) is 50.7 Å². The number of hydrogen-bond acceptors (Lipinski definition) is 5. The minimum Gasteiger partial charge on any atom is -0.481 e. The van der Waals surface area contributed by atoms with Crippen LogP contribution in [0, 0.1) is 29.4 Å². The lowest BCUT2D eigenvalue weighted by atomic mass is 9.61. The first-order valence-electron chi connectivity index (χ1n) is 13.1. The van der Waals surface area contributed by atoms with E-state index in [1.807, 2.05) is 0 Å². The highest BCUT2D eigenvalue weighted by Crippen LogP contribution is 2.46. The molecule has 204 valence electrons. The molecule has 0 spiro atoms. The van der Waals surface area contributed by atoms with Crippen LogP contribution in [0.3, 0.4) is 0 Å². The molecule has 0 aliphatic heterocycles. The summed E-state index contributed by atoms with van der Waals surface area (Å²) in [4.78, 5) is 24.5. The van der Waals surface area contributed by atoms with Crippen molar-refractivity contribution in [2.24, 2.45) is 17.8 Å². The Morgan fingerprint density at radius 1 is 1.10 bits per heavy atom. The summed E-state index contributed by atoms with van der Waals surface area (Å²) >= 11 is 0. The molecule has 1 aromatic carbocycles. The molecule has 3 aromatic rings. The van der Waals surface area contributed by atoms with Crippen molar-refractivity contribution in [1.82, 2.24) is 15.0 Å². The van der Waals surface area contributed by atoms with E-state index in [2.05, 4.69) is 10.3 Å². The lowest BCUT2D eigenvalue weighted by Gasteiger charge is -2.47. The summed E-state index contributed by atoms with van der Waals surface area (Å²) in [6.07, 6.45) is 8.37. The maximum atomic E-state index is 14.6. The zero-order valence-electron chi connectivity index (χ0n) is 21.6. The number of rotatable bonds is 6. The summed E-state index contributed by atoms with van der Waals surface area (Å²) in [6, 6.07) is 3.43. The molecule has 3 saturated carbocycles. The summed E-state index contributed by atoms with van der Waals surface area (Å²) in [5.74, 6) is -2.35. The number of aliphatic carboxylic acids is 1. The van der Waals surface area contributed by atoms with Crippen molar-refractivity contribution in [3.63, 3.8) is 0 Å². The lowest BCUT2D eigenvalue weighted by Crippen LogP contribution is -2.51. The molecule has 7 rings (SSSR count). The number of carbonyl (C=O) groups is 1. The molecule has 2 unspecified atom stereocenters. The van der Waals surface area contributed by atoms with Gasteiger partial charge in [-0.15, -0.1) is 0 Å². The largest absolute Gasteiger partial charge is 0.481 e. The van der Waals surface area contributed by atoms with Gasteiger partial charge in [0.15, 0.2) is 5.82 Å². The van der Waals surface area contributed by atoms with E-state index in [1.54, 1.807) is 19.1 Å². The van der Waals surface area contributed by atoms with Gasteiger partial charge in [0.05, 0.1) is 17.1 Å². The second-order valence-corrected chi connectivity index (χ2v) is 11.0. The van der Waals surface area contributed by atoms with Crippen LogP contribution in [0.5, 0.6) is 0 Å². The molecule has 2 heterocycles. The molecular formula is C29H29F3N4O3. The van der Waals surface area contributed by atoms with E-state index in [0.717, 1.165) is 31.7 Å². The lowest BCUT2D eigenvalue weighted by molar-refractivity contribution is -0.148. The summed E-state index contributed by atoms with van der Waals surface area (Å²) in [5, 5.41) is 13.7. The Balaban J connectivity index is 1.47. The highest BCUT2D eigenvalue weighted by Gasteiger charge is 2.47. The van der Waals surface area contributed by atoms with Gasteiger partial charge >= 0.3 is 5.97 Å². The fourth-order valence-electron chi connectivity index (χ4n) is 6.53. The van der Waals surface area contributed by atoms with Gasteiger partial charge in [-0.3, -0.25) is 4.79 Å². The number of carboxylic acid groups (broad SMARTS) is 1. The number of methoxy groups -OCH3 is 1. The first-order chi connectivity index (χ1) is 18.7. The Morgan fingerprint density at radius 2 is 1.85 bits per heavy atom. The van der Waals surface area contributed by atoms with E-state index in [9.17, 15) is 23.1 Å². The van der Waals surface area contributed by atoms with Crippen molar-refractivity contribution in [3.8, 4) is 11.4 Å². The van der Waals surface area contributed by atoms with Crippen molar-refractivity contribution >= 4 is 28.3 Å². The van der Waals surface area contributed by atoms with E-state index < -0.39 is 34.9 Å². The summed E-state index contributed by atoms with van der Waals surface area (Å²) in [5.41, 5.74) is 0.505. The molecule has 3 atom stereocenters. The second kappa shape index (κ2) is 9.51. The number of anilines is 1. The van der Waals surface area contributed by atoms with Gasteiger partial charge in [-0.1, -0.05) is 6.08 Å². The predicted molar refractivity (Wildman–Crippen MR) is 140 cm³/mol. The number of carboxylic acids is 1. The number of H-pyrrole nitrogens is 1. The van der Waals surface area contributed by atoms with Gasteiger partial charge in [0.2, 0.25) is 0 Å². The van der Waals surface area contributed by atoms with Crippen molar-refractivity contribution in [3.05, 3.63) is 59.7 Å². The van der Waals surface area contributed by atoms with Crippen molar-refractivity contribution in [2.75, 3.05) is 12.4 Å². The van der Waals surface area contributed by atoms with E-state index in [1.165, 1.54) is 25.4 Å². The van der Waals surface area contributed by atoms with Gasteiger partial charge < -0.3 is 20.1 Å². The maximum Gasteiger partial charge on any atom is 0.308 e. The molecule has 3 N–H and O–H groups in total. The molecule has 0 saturated heterocycles. The van der Waals surface area contributed by atoms with Crippen LogP contribution in [0.25, 0.3) is 27.9 Å². The molecule has 3 fully saturated rings. The van der Waals surface area contributed by atoms with Gasteiger partial charge in [-0.2, -0.15) is 0 Å². The van der Waals surface area contributed by atoms with E-state index in [4.69, 9.17) is 14.7 Å². The Kier molecular flexibility index (Phi) is 6.25. The number of hydrogen-bond donors (Lipinski definition) is 3. The molecule has 4 aliphatic carbocycles. The predicted octanol–water partition coefficient (Wildman–Crippen LogP) is 6.25. The zero-order chi connectivity index (χ0) is 27.5. The normalized spacial score (nSPS) is 28.3. The molecule has 2 aromatic heterocycles. The van der Waals surface area contributed by atoms with Crippen LogP contribution in [0.4, 0.5) is 19.0 Å². The van der Waals surface area contributed by atoms with Crippen LogP contribution in [-0.2, 0) is 9.53 Å². The van der Waals surface area contributed by atoms with Crippen LogP contribution >= 0.6 is 0 Å². The van der Waals surface area contributed by atoms with E-state index in [0.29, 0.717) is 22.6 Å². The Morgan fingerprint density at radius 3 is 2.56 bits per heavy atom. The van der Waals surface area contributed by atoms with Gasteiger partial charge in [0.25, 0.3) is 0 Å². The SMILES string of the molecule is COC1(C)CC(c2cc(NC3C4CCC(CC4)[C@H]3C(=O)O)nc(-c3c[nH]c4c(F)cc(F)cc34)n2)=CC=C1F. The number of nitrogens with one attached hydrogen (secondary N) is 2. The zero-order valence-corrected chi connectivity index (χ0v) is 21.6. The first kappa shape index (κ1) is 25.6. The minimum absolute atomic E-state index is 0.0990. The minimum atomic E-state index is -1.17. The average Bonchev–Trinajstić information content (AvgIpc) is 3.35. The molecule has 10 heteroatoms. The van der Waals surface area contributed by atoms with Gasteiger partial charge in [0, 0.05) is 48.9 Å². The highest BCUT2D eigenvalue weighted by atomic mass is 19.1. The Hall–Kier alpha value is -3.66. The second-order valence-electron chi connectivity index (χ2n) is 11.0. The topological polar surface area (TPSA) is 100 Å². The summed E-state index contributed by atoms with van der Waals surface area (Å²) in [6.45, 7) is 1.65. The van der Waals surface area contributed by atoms with E-state index >= 15 is 0 Å². The third-order valence-corrected chi connectivity index (χ3v) is 8.74. The number of fused-ring (bicyclic) bond motifs is 4. The number of benzene rings is 1. The monoisotopic (exact) mass is 538 g/mol. The number of allylic oxidation sites excluding steroid dienone is 2. The molecule has 0 radical (unpaired) electrons. The van der Waals surface area contributed by atoms with Gasteiger partial charge in [0.1, 0.15) is 28.9 Å². The maximum absolute atomic E-state index is 14.6. The molecule has 2 bridgehead atoms. The number of aromatic amines is 1. The summed E-state index contributed by atoms with van der Waals surface area (Å²) < 4.78 is 48.7. The van der Waals surface area contributed by atoms with Crippen LogP contribution < -0.4 is 5.32 Å². The highest BCUT2D eigenvalue weighted by molar-refractivity contribution is 5.94. The number of aromatic nitrogens is 3.